The van der Waals surface area contributed by atoms with Gasteiger partial charge in [0, 0.05) is 27.9 Å². The fourth-order valence-corrected chi connectivity index (χ4v) is 0. The second-order valence-electron chi connectivity index (χ2n) is 0. The van der Waals surface area contributed by atoms with Crippen molar-refractivity contribution in [3.8, 4) is 0 Å². The minimum atomic E-state index is 0. The molecule has 0 bridgehead atoms. The van der Waals surface area contributed by atoms with Gasteiger partial charge >= 0.3 is 0 Å². The third kappa shape index (κ3) is 307. The van der Waals surface area contributed by atoms with E-state index >= 15 is 0 Å². The molecule has 0 aromatic rings. The van der Waals surface area contributed by atoms with E-state index in [0.29, 0.717) is 0 Å². The van der Waals surface area contributed by atoms with Gasteiger partial charge in [0.05, 0.1) is 0 Å². The van der Waals surface area contributed by atoms with Gasteiger partial charge in [0.1, 0.15) is 0 Å². The van der Waals surface area contributed by atoms with Crippen molar-refractivity contribution < 1.29 is 38.3 Å². The molecule has 0 rings (SSSR count). The number of hydrogen-bond acceptors (Lipinski definition) is 0. The molecule has 6 heteroatoms. The zero-order valence-corrected chi connectivity index (χ0v) is 5.88. The summed E-state index contributed by atoms with van der Waals surface area (Å²) in [5, 5.41) is 0. The Kier molecular flexibility index (Phi) is 118000. The van der Waals surface area contributed by atoms with Crippen LogP contribution < -0.4 is 0 Å². The summed E-state index contributed by atoms with van der Waals surface area (Å²) in [7, 11) is 0. The van der Waals surface area contributed by atoms with Crippen LogP contribution in [0.5, 0.6) is 0 Å². The van der Waals surface area contributed by atoms with Gasteiger partial charge in [0.25, 0.3) is 0 Å². The van der Waals surface area contributed by atoms with Crippen molar-refractivity contribution in [3.05, 3.63) is 0 Å². The minimum Gasteiger partial charge on any atom is -0.269 e. The quantitative estimate of drug-likeness (QED) is 0.348. The van der Waals surface area contributed by atoms with Crippen LogP contribution in [0.4, 0.5) is 18.8 Å². The molecule has 0 aliphatic rings. The molecule has 6 heavy (non-hydrogen) atoms. The van der Waals surface area contributed by atoms with E-state index < -0.39 is 0 Å². The molecule has 0 saturated heterocycles. The molecule has 0 N–H and O–H groups in total. The Labute approximate surface area is 47.5 Å². The molecule has 0 unspecified atom stereocenters. The first-order valence-electron chi connectivity index (χ1n) is 0. The smallest absolute Gasteiger partial charge is 0 e. The number of rotatable bonds is 0. The second kappa shape index (κ2) is 630. The van der Waals surface area contributed by atoms with Crippen molar-refractivity contribution in [2.45, 2.75) is 0 Å². The minimum absolute atomic E-state index is 0. The Morgan fingerprint density at radius 2 is 0.500 bits per heavy atom. The summed E-state index contributed by atoms with van der Waals surface area (Å²) in [6.45, 7) is 0. The van der Waals surface area contributed by atoms with Gasteiger partial charge in [-0.3, -0.25) is 18.8 Å². The molecular formula is H4BF4Zn. The van der Waals surface area contributed by atoms with Crippen LogP contribution in [0.25, 0.3) is 0 Å². The third-order valence-corrected chi connectivity index (χ3v) is 0. The van der Waals surface area contributed by atoms with Crippen molar-refractivity contribution in [1.29, 1.82) is 0 Å². The SMILES string of the molecule is F.F.F.F.[B].[Zn]. The van der Waals surface area contributed by atoms with Gasteiger partial charge in [-0.2, -0.15) is 0 Å². The van der Waals surface area contributed by atoms with Crippen molar-refractivity contribution in [2.75, 3.05) is 0 Å². The molecule has 3 radical (unpaired) electrons. The summed E-state index contributed by atoms with van der Waals surface area (Å²) >= 11 is 0. The van der Waals surface area contributed by atoms with Gasteiger partial charge in [0.2, 0.25) is 0 Å². The molecule has 0 nitrogen and oxygen atoms in total. The summed E-state index contributed by atoms with van der Waals surface area (Å²) in [6.07, 6.45) is 0. The summed E-state index contributed by atoms with van der Waals surface area (Å²) in [5.41, 5.74) is 0. The topological polar surface area (TPSA) is 0 Å². The maximum absolute atomic E-state index is 0. The van der Waals surface area contributed by atoms with E-state index in [2.05, 4.69) is 0 Å². The Bertz CT molecular complexity index is 7.51. The van der Waals surface area contributed by atoms with E-state index in [-0.39, 0.29) is 46.7 Å². The van der Waals surface area contributed by atoms with Crippen LogP contribution in [0.3, 0.4) is 0 Å². The van der Waals surface area contributed by atoms with E-state index in [4.69, 9.17) is 0 Å². The average molecular weight is 156 g/mol. The molecule has 0 heterocycles. The molecule has 0 amide bonds. The van der Waals surface area contributed by atoms with Crippen molar-refractivity contribution in [3.63, 3.8) is 0 Å². The van der Waals surface area contributed by atoms with Crippen LogP contribution in [0.1, 0.15) is 0 Å². The Balaban J connectivity index is 0. The molecule has 0 aliphatic carbocycles. The predicted octanol–water partition coefficient (Wildman–Crippen LogP) is 0.227. The monoisotopic (exact) mass is 155 g/mol. The van der Waals surface area contributed by atoms with Crippen LogP contribution in [-0.4, -0.2) is 8.41 Å². The van der Waals surface area contributed by atoms with Crippen molar-refractivity contribution >= 4 is 8.41 Å². The summed E-state index contributed by atoms with van der Waals surface area (Å²) in [5.74, 6) is 0. The van der Waals surface area contributed by atoms with Crippen LogP contribution in [0.2, 0.25) is 0 Å². The Morgan fingerprint density at radius 1 is 0.500 bits per heavy atom. The molecule has 0 aliphatic heterocycles. The van der Waals surface area contributed by atoms with Gasteiger partial charge < -0.3 is 0 Å². The molecule has 0 aromatic carbocycles. The normalized spacial score (nSPS) is 0. The van der Waals surface area contributed by atoms with E-state index in [1.54, 1.807) is 0 Å². The van der Waals surface area contributed by atoms with Gasteiger partial charge in [-0.25, -0.2) is 0 Å². The third-order valence-electron chi connectivity index (χ3n) is 0. The maximum Gasteiger partial charge on any atom is 0 e. The Morgan fingerprint density at radius 3 is 0.500 bits per heavy atom. The largest absolute Gasteiger partial charge is 0.269 e. The first kappa shape index (κ1) is 1120. The van der Waals surface area contributed by atoms with Crippen molar-refractivity contribution in [2.24, 2.45) is 0 Å². The molecule has 37 valence electrons. The summed E-state index contributed by atoms with van der Waals surface area (Å²) in [4.78, 5) is 0. The van der Waals surface area contributed by atoms with Gasteiger partial charge in [0.15, 0.2) is 0 Å². The van der Waals surface area contributed by atoms with Crippen LogP contribution >= 0.6 is 0 Å². The van der Waals surface area contributed by atoms with Crippen LogP contribution in [0, 0.1) is 0 Å². The van der Waals surface area contributed by atoms with Gasteiger partial charge in [-0.1, -0.05) is 0 Å². The Hall–Kier alpha value is 0.408. The fourth-order valence-electron chi connectivity index (χ4n) is 0. The van der Waals surface area contributed by atoms with E-state index in [1.165, 1.54) is 0 Å². The van der Waals surface area contributed by atoms with Crippen LogP contribution in [0.15, 0.2) is 0 Å². The summed E-state index contributed by atoms with van der Waals surface area (Å²) in [6, 6.07) is 0. The first-order chi connectivity index (χ1) is 0. The number of hydrogen-bond donors (Lipinski definition) is 0. The standard InChI is InChI=1S/B.4FH.Zn/h;4*1H;. The number of halogens is 4. The fraction of sp³-hybridized carbons (Fsp3) is 0. The van der Waals surface area contributed by atoms with E-state index in [9.17, 15) is 0 Å². The molecule has 0 fully saturated rings. The maximum atomic E-state index is 0. The van der Waals surface area contributed by atoms with Crippen LogP contribution in [-0.2, 0) is 19.5 Å². The zero-order valence-electron chi connectivity index (χ0n) is 2.92. The van der Waals surface area contributed by atoms with Gasteiger partial charge in [-0.05, 0) is 0 Å². The zero-order chi connectivity index (χ0) is 0. The molecule has 0 atom stereocenters. The summed E-state index contributed by atoms with van der Waals surface area (Å²) < 4.78 is 0. The first-order valence-corrected chi connectivity index (χ1v) is 0. The molecule has 0 saturated carbocycles. The van der Waals surface area contributed by atoms with Gasteiger partial charge in [-0.15, -0.1) is 0 Å². The molecule has 0 spiro atoms. The molecule has 0 aromatic heterocycles. The van der Waals surface area contributed by atoms with Crippen molar-refractivity contribution in [1.82, 2.24) is 0 Å². The average Bonchev–Trinajstić information content (AvgIpc) is 0. The molecular weight excluding hydrogens is 152 g/mol. The van der Waals surface area contributed by atoms with E-state index in [0.717, 1.165) is 0 Å². The van der Waals surface area contributed by atoms with E-state index in [1.807, 2.05) is 0 Å². The second-order valence-corrected chi connectivity index (χ2v) is 0. The predicted molar refractivity (Wildman–Crippen MR) is 15.8 cm³/mol.